The van der Waals surface area contributed by atoms with Crippen LogP contribution in [0.2, 0.25) is 0 Å². The van der Waals surface area contributed by atoms with Crippen LogP contribution in [0.5, 0.6) is 0 Å². The largest absolute Gasteiger partial charge is 0.472 e. The number of hydrogen-bond acceptors (Lipinski definition) is 7. The number of unbranched alkanes of at least 4 members (excludes halogenated alkanes) is 24. The zero-order chi connectivity index (χ0) is 41.4. The van der Waals surface area contributed by atoms with Gasteiger partial charge < -0.3 is 18.9 Å². The van der Waals surface area contributed by atoms with Gasteiger partial charge in [0.05, 0.1) is 27.7 Å². The van der Waals surface area contributed by atoms with Gasteiger partial charge in [-0.1, -0.05) is 179 Å². The Labute approximate surface area is 345 Å². The number of likely N-dealkylation sites (N-methyl/N-ethyl adjacent to an activating group) is 1. The first-order valence-corrected chi connectivity index (χ1v) is 24.6. The van der Waals surface area contributed by atoms with E-state index >= 15 is 0 Å². The van der Waals surface area contributed by atoms with Crippen LogP contribution in [-0.2, 0) is 32.7 Å². The molecule has 0 aliphatic heterocycles. The standard InChI is InChI=1S/C46H88NO8P/c1-6-8-10-12-14-16-18-20-22-23-25-26-28-30-32-34-36-38-45(48)52-42-44(43-54-56(50,51)53-41-40-47(3,4)5)55-46(49)39-37-35-33-31-29-27-24-21-19-17-15-13-11-9-7-2/h25-26,30,32,44H,6-24,27-29,31,33-43H2,1-5H3/p+1/b26-25+,32-30+/t44-/m1/s1. The number of esters is 2. The normalized spacial score (nSPS) is 13.8. The van der Waals surface area contributed by atoms with Crippen LogP contribution in [0, 0.1) is 0 Å². The monoisotopic (exact) mass is 815 g/mol. The molecule has 0 spiro atoms. The maximum Gasteiger partial charge on any atom is 0.472 e. The zero-order valence-corrected chi connectivity index (χ0v) is 38.0. The van der Waals surface area contributed by atoms with Crippen molar-refractivity contribution in [1.29, 1.82) is 0 Å². The smallest absolute Gasteiger partial charge is 0.462 e. The Morgan fingerprint density at radius 1 is 0.554 bits per heavy atom. The molecule has 0 aliphatic rings. The number of ether oxygens (including phenoxy) is 2. The van der Waals surface area contributed by atoms with E-state index in [1.165, 1.54) is 135 Å². The van der Waals surface area contributed by atoms with Gasteiger partial charge in [-0.25, -0.2) is 4.57 Å². The number of rotatable bonds is 42. The number of carbonyl (C=O) groups excluding carboxylic acids is 2. The summed E-state index contributed by atoms with van der Waals surface area (Å²) in [5.74, 6) is -0.843. The van der Waals surface area contributed by atoms with E-state index in [1.807, 2.05) is 21.1 Å². The predicted octanol–water partition coefficient (Wildman–Crippen LogP) is 13.1. The summed E-state index contributed by atoms with van der Waals surface area (Å²) < 4.78 is 34.3. The van der Waals surface area contributed by atoms with Crippen molar-refractivity contribution < 1.29 is 42.1 Å². The highest BCUT2D eigenvalue weighted by atomic mass is 31.2. The molecule has 0 saturated heterocycles. The molecule has 1 unspecified atom stereocenters. The highest BCUT2D eigenvalue weighted by molar-refractivity contribution is 7.47. The number of nitrogens with zero attached hydrogens (tertiary/aromatic N) is 1. The van der Waals surface area contributed by atoms with Gasteiger partial charge in [-0.3, -0.25) is 18.6 Å². The molecule has 0 aromatic heterocycles. The van der Waals surface area contributed by atoms with Gasteiger partial charge in [0.1, 0.15) is 19.8 Å². The summed E-state index contributed by atoms with van der Waals surface area (Å²) in [5, 5.41) is 0. The Morgan fingerprint density at radius 2 is 0.982 bits per heavy atom. The van der Waals surface area contributed by atoms with Crippen LogP contribution in [0.3, 0.4) is 0 Å². The highest BCUT2D eigenvalue weighted by Crippen LogP contribution is 2.43. The fraction of sp³-hybridized carbons (Fsp3) is 0.870. The van der Waals surface area contributed by atoms with Crippen LogP contribution in [0.25, 0.3) is 0 Å². The summed E-state index contributed by atoms with van der Waals surface area (Å²) in [6.07, 6.45) is 42.3. The van der Waals surface area contributed by atoms with Crippen molar-refractivity contribution in [1.82, 2.24) is 0 Å². The van der Waals surface area contributed by atoms with Crippen LogP contribution in [0.1, 0.15) is 206 Å². The Balaban J connectivity index is 4.37. The number of phosphoric acid groups is 1. The number of phosphoric ester groups is 1. The summed E-state index contributed by atoms with van der Waals surface area (Å²) in [6.45, 7) is 4.40. The minimum Gasteiger partial charge on any atom is -0.462 e. The third-order valence-corrected chi connectivity index (χ3v) is 11.0. The van der Waals surface area contributed by atoms with Gasteiger partial charge in [-0.2, -0.15) is 0 Å². The van der Waals surface area contributed by atoms with E-state index in [0.29, 0.717) is 23.9 Å². The molecular formula is C46H89NO8P+. The van der Waals surface area contributed by atoms with Crippen molar-refractivity contribution >= 4 is 19.8 Å². The third-order valence-electron chi connectivity index (χ3n) is 9.98. The second kappa shape index (κ2) is 39.0. The molecular weight excluding hydrogens is 725 g/mol. The summed E-state index contributed by atoms with van der Waals surface area (Å²) in [7, 11) is 1.46. The van der Waals surface area contributed by atoms with Crippen LogP contribution in [0.15, 0.2) is 24.3 Å². The molecule has 0 heterocycles. The molecule has 0 bridgehead atoms. The molecule has 10 heteroatoms. The van der Waals surface area contributed by atoms with Gasteiger partial charge >= 0.3 is 19.8 Å². The summed E-state index contributed by atoms with van der Waals surface area (Å²) >= 11 is 0. The van der Waals surface area contributed by atoms with Gasteiger partial charge in [-0.15, -0.1) is 0 Å². The molecule has 0 radical (unpaired) electrons. The van der Waals surface area contributed by atoms with E-state index in [1.54, 1.807) is 0 Å². The Bertz CT molecular complexity index is 1010. The van der Waals surface area contributed by atoms with Gasteiger partial charge in [0.25, 0.3) is 0 Å². The molecule has 0 rings (SSSR count). The molecule has 0 saturated carbocycles. The SMILES string of the molecule is CCCCCCCCCCC/C=C/C/C=C/CCCC(=O)OC[C@H](COP(=O)(O)OCC[N+](C)(C)C)OC(=O)CCCCCCCCCCCCCCCCC. The third kappa shape index (κ3) is 42.1. The lowest BCUT2D eigenvalue weighted by atomic mass is 10.0. The highest BCUT2D eigenvalue weighted by Gasteiger charge is 2.27. The van der Waals surface area contributed by atoms with E-state index in [2.05, 4.69) is 38.2 Å². The van der Waals surface area contributed by atoms with Crippen LogP contribution >= 0.6 is 7.82 Å². The lowest BCUT2D eigenvalue weighted by Gasteiger charge is -2.24. The van der Waals surface area contributed by atoms with E-state index in [0.717, 1.165) is 32.1 Å². The number of allylic oxidation sites excluding steroid dienone is 4. The van der Waals surface area contributed by atoms with Crippen molar-refractivity contribution in [2.45, 2.75) is 213 Å². The quantitative estimate of drug-likeness (QED) is 0.0213. The summed E-state index contributed by atoms with van der Waals surface area (Å²) in [4.78, 5) is 35.4. The molecule has 0 amide bonds. The van der Waals surface area contributed by atoms with Crippen molar-refractivity contribution in [3.8, 4) is 0 Å². The lowest BCUT2D eigenvalue weighted by molar-refractivity contribution is -0.870. The van der Waals surface area contributed by atoms with E-state index in [4.69, 9.17) is 18.5 Å². The summed E-state index contributed by atoms with van der Waals surface area (Å²) in [6, 6.07) is 0. The minimum absolute atomic E-state index is 0.0278. The molecule has 9 nitrogen and oxygen atoms in total. The number of quaternary nitrogens is 1. The van der Waals surface area contributed by atoms with E-state index in [9.17, 15) is 19.0 Å². The number of hydrogen-bond donors (Lipinski definition) is 1. The van der Waals surface area contributed by atoms with Crippen LogP contribution in [-0.4, -0.2) is 74.9 Å². The first-order valence-electron chi connectivity index (χ1n) is 23.1. The van der Waals surface area contributed by atoms with Gasteiger partial charge in [0.2, 0.25) is 0 Å². The average Bonchev–Trinajstić information content (AvgIpc) is 3.15. The second-order valence-corrected chi connectivity index (χ2v) is 18.2. The van der Waals surface area contributed by atoms with Crippen molar-refractivity contribution in [3.63, 3.8) is 0 Å². The van der Waals surface area contributed by atoms with Crippen molar-refractivity contribution in [2.24, 2.45) is 0 Å². The van der Waals surface area contributed by atoms with Gasteiger partial charge in [-0.05, 0) is 38.5 Å². The number of carbonyl (C=O) groups is 2. The van der Waals surface area contributed by atoms with Crippen LogP contribution in [0.4, 0.5) is 0 Å². The van der Waals surface area contributed by atoms with Crippen molar-refractivity contribution in [3.05, 3.63) is 24.3 Å². The fourth-order valence-electron chi connectivity index (χ4n) is 6.35. The Morgan fingerprint density at radius 3 is 1.46 bits per heavy atom. The molecule has 0 fully saturated rings. The lowest BCUT2D eigenvalue weighted by Crippen LogP contribution is -2.37. The maximum absolute atomic E-state index is 12.7. The molecule has 2 atom stereocenters. The van der Waals surface area contributed by atoms with Crippen LogP contribution < -0.4 is 0 Å². The second-order valence-electron chi connectivity index (χ2n) is 16.8. The van der Waals surface area contributed by atoms with Crippen molar-refractivity contribution in [2.75, 3.05) is 47.5 Å². The van der Waals surface area contributed by atoms with Gasteiger partial charge in [0.15, 0.2) is 6.10 Å². The summed E-state index contributed by atoms with van der Waals surface area (Å²) in [5.41, 5.74) is 0. The fourth-order valence-corrected chi connectivity index (χ4v) is 7.09. The minimum atomic E-state index is -4.38. The molecule has 1 N–H and O–H groups in total. The Kier molecular flexibility index (Phi) is 37.9. The maximum atomic E-state index is 12.7. The average molecular weight is 815 g/mol. The predicted molar refractivity (Wildman–Crippen MR) is 234 cm³/mol. The molecule has 330 valence electrons. The molecule has 0 aliphatic carbocycles. The zero-order valence-electron chi connectivity index (χ0n) is 37.1. The van der Waals surface area contributed by atoms with E-state index < -0.39 is 32.5 Å². The molecule has 56 heavy (non-hydrogen) atoms. The van der Waals surface area contributed by atoms with E-state index in [-0.39, 0.29) is 26.1 Å². The first-order chi connectivity index (χ1) is 27.0. The first kappa shape index (κ1) is 54.5. The topological polar surface area (TPSA) is 108 Å². The molecule has 0 aromatic rings. The van der Waals surface area contributed by atoms with Gasteiger partial charge in [0, 0.05) is 12.8 Å². The molecule has 0 aromatic carbocycles. The Hall–Kier alpha value is -1.51.